The number of ether oxygens (including phenoxy) is 2. The van der Waals surface area contributed by atoms with Gasteiger partial charge in [-0.15, -0.1) is 0 Å². The van der Waals surface area contributed by atoms with E-state index in [1.54, 1.807) is 26.0 Å². The van der Waals surface area contributed by atoms with Crippen LogP contribution in [0.15, 0.2) is 52.3 Å². The van der Waals surface area contributed by atoms with Crippen molar-refractivity contribution in [2.75, 3.05) is 45.3 Å². The maximum atomic E-state index is 5.52. The number of hydrogen-bond acceptors (Lipinski definition) is 5. The average molecular weight is 330 g/mol. The van der Waals surface area contributed by atoms with Crippen LogP contribution in [0, 0.1) is 0 Å². The lowest BCUT2D eigenvalue weighted by atomic mass is 10.2. The number of rotatable bonds is 5. The van der Waals surface area contributed by atoms with Crippen molar-refractivity contribution < 1.29 is 9.47 Å². The van der Waals surface area contributed by atoms with Gasteiger partial charge in [0.1, 0.15) is 11.5 Å². The van der Waals surface area contributed by atoms with Gasteiger partial charge >= 0.3 is 0 Å². The zero-order valence-corrected chi connectivity index (χ0v) is 14.4. The van der Waals surface area contributed by atoms with Crippen molar-refractivity contribution in [3.63, 3.8) is 0 Å². The van der Waals surface area contributed by atoms with Crippen LogP contribution in [0.2, 0.25) is 0 Å². The highest BCUT2D eigenvalue weighted by Gasteiger charge is 2.16. The predicted octanol–water partition coefficient (Wildman–Crippen LogP) is 3.26. The lowest BCUT2D eigenvalue weighted by Gasteiger charge is -2.31. The SMILES string of the molecule is COc1ccc(Sc2ccccc2N2CCNCC2)c(OC)c1. The molecule has 122 valence electrons. The van der Waals surface area contributed by atoms with Crippen molar-refractivity contribution in [2.24, 2.45) is 0 Å². The summed E-state index contributed by atoms with van der Waals surface area (Å²) in [6.07, 6.45) is 0. The summed E-state index contributed by atoms with van der Waals surface area (Å²) in [5, 5.41) is 3.40. The third-order valence-electron chi connectivity index (χ3n) is 3.91. The minimum Gasteiger partial charge on any atom is -0.497 e. The summed E-state index contributed by atoms with van der Waals surface area (Å²) in [5.41, 5.74) is 1.29. The Balaban J connectivity index is 1.88. The number of nitrogens with zero attached hydrogens (tertiary/aromatic N) is 1. The van der Waals surface area contributed by atoms with Gasteiger partial charge in [0, 0.05) is 37.1 Å². The lowest BCUT2D eigenvalue weighted by Crippen LogP contribution is -2.43. The first-order valence-electron chi connectivity index (χ1n) is 7.76. The van der Waals surface area contributed by atoms with E-state index in [-0.39, 0.29) is 0 Å². The monoisotopic (exact) mass is 330 g/mol. The Morgan fingerprint density at radius 3 is 2.48 bits per heavy atom. The molecule has 4 nitrogen and oxygen atoms in total. The van der Waals surface area contributed by atoms with E-state index in [4.69, 9.17) is 9.47 Å². The van der Waals surface area contributed by atoms with Crippen molar-refractivity contribution in [2.45, 2.75) is 9.79 Å². The van der Waals surface area contributed by atoms with Crippen molar-refractivity contribution in [3.8, 4) is 11.5 Å². The van der Waals surface area contributed by atoms with Crippen LogP contribution in [0.1, 0.15) is 0 Å². The fourth-order valence-electron chi connectivity index (χ4n) is 2.69. The number of para-hydroxylation sites is 1. The Hall–Kier alpha value is -1.85. The molecule has 0 aromatic heterocycles. The first-order valence-corrected chi connectivity index (χ1v) is 8.58. The Morgan fingerprint density at radius 1 is 0.957 bits per heavy atom. The molecule has 0 spiro atoms. The molecule has 0 saturated carbocycles. The van der Waals surface area contributed by atoms with Crippen molar-refractivity contribution in [3.05, 3.63) is 42.5 Å². The molecule has 1 heterocycles. The van der Waals surface area contributed by atoms with E-state index in [9.17, 15) is 0 Å². The van der Waals surface area contributed by atoms with Gasteiger partial charge in [0.2, 0.25) is 0 Å². The van der Waals surface area contributed by atoms with Gasteiger partial charge in [0.25, 0.3) is 0 Å². The van der Waals surface area contributed by atoms with Gasteiger partial charge in [-0.2, -0.15) is 0 Å². The van der Waals surface area contributed by atoms with E-state index in [0.29, 0.717) is 0 Å². The van der Waals surface area contributed by atoms with Gasteiger partial charge in [0.15, 0.2) is 0 Å². The van der Waals surface area contributed by atoms with Gasteiger partial charge in [-0.3, -0.25) is 0 Å². The standard InChI is InChI=1S/C18H22N2O2S/c1-21-14-7-8-18(16(13-14)22-2)23-17-6-4-3-5-15(17)20-11-9-19-10-12-20/h3-8,13,19H,9-12H2,1-2H3. The van der Waals surface area contributed by atoms with Gasteiger partial charge in [-0.25, -0.2) is 0 Å². The summed E-state index contributed by atoms with van der Waals surface area (Å²) < 4.78 is 10.8. The highest BCUT2D eigenvalue weighted by Crippen LogP contribution is 2.41. The Bertz CT molecular complexity index is 657. The van der Waals surface area contributed by atoms with E-state index in [1.165, 1.54) is 10.6 Å². The first-order chi connectivity index (χ1) is 11.3. The highest BCUT2D eigenvalue weighted by atomic mass is 32.2. The number of piperazine rings is 1. The van der Waals surface area contributed by atoms with Crippen LogP contribution in [0.25, 0.3) is 0 Å². The van der Waals surface area contributed by atoms with Crippen molar-refractivity contribution in [1.82, 2.24) is 5.32 Å². The summed E-state index contributed by atoms with van der Waals surface area (Å²) in [7, 11) is 3.36. The van der Waals surface area contributed by atoms with E-state index < -0.39 is 0 Å². The van der Waals surface area contributed by atoms with Gasteiger partial charge < -0.3 is 19.7 Å². The van der Waals surface area contributed by atoms with E-state index in [0.717, 1.165) is 42.6 Å². The molecule has 1 saturated heterocycles. The average Bonchev–Trinajstić information content (AvgIpc) is 2.63. The summed E-state index contributed by atoms with van der Waals surface area (Å²) in [6.45, 7) is 4.14. The maximum absolute atomic E-state index is 5.52. The second-order valence-corrected chi connectivity index (χ2v) is 6.41. The molecule has 0 atom stereocenters. The molecule has 0 amide bonds. The minimum absolute atomic E-state index is 0.807. The molecule has 0 aliphatic carbocycles. The minimum atomic E-state index is 0.807. The summed E-state index contributed by atoms with van der Waals surface area (Å²) in [6, 6.07) is 14.5. The van der Waals surface area contributed by atoms with Crippen molar-refractivity contribution >= 4 is 17.4 Å². The molecule has 23 heavy (non-hydrogen) atoms. The Labute approximate surface area is 141 Å². The molecule has 0 bridgehead atoms. The Morgan fingerprint density at radius 2 is 1.74 bits per heavy atom. The number of anilines is 1. The third-order valence-corrected chi connectivity index (χ3v) is 5.04. The Kier molecular flexibility index (Phi) is 5.31. The molecular weight excluding hydrogens is 308 g/mol. The smallest absolute Gasteiger partial charge is 0.136 e. The van der Waals surface area contributed by atoms with E-state index >= 15 is 0 Å². The number of nitrogens with one attached hydrogen (secondary N) is 1. The van der Waals surface area contributed by atoms with E-state index in [1.807, 2.05) is 12.1 Å². The zero-order valence-electron chi connectivity index (χ0n) is 13.5. The van der Waals surface area contributed by atoms with Crippen LogP contribution in [0.4, 0.5) is 5.69 Å². The molecule has 0 unspecified atom stereocenters. The third kappa shape index (κ3) is 3.74. The van der Waals surface area contributed by atoms with Crippen LogP contribution in [-0.4, -0.2) is 40.4 Å². The van der Waals surface area contributed by atoms with Crippen LogP contribution in [0.3, 0.4) is 0 Å². The molecular formula is C18H22N2O2S. The van der Waals surface area contributed by atoms with Gasteiger partial charge in [-0.1, -0.05) is 23.9 Å². The molecule has 1 aliphatic heterocycles. The fraction of sp³-hybridized carbons (Fsp3) is 0.333. The summed E-state index contributed by atoms with van der Waals surface area (Å²) >= 11 is 1.74. The second kappa shape index (κ2) is 7.62. The summed E-state index contributed by atoms with van der Waals surface area (Å²) in [5.74, 6) is 1.64. The number of hydrogen-bond donors (Lipinski definition) is 1. The molecule has 1 aliphatic rings. The van der Waals surface area contributed by atoms with E-state index in [2.05, 4.69) is 40.5 Å². The van der Waals surface area contributed by atoms with Crippen LogP contribution in [0.5, 0.6) is 11.5 Å². The molecule has 3 rings (SSSR count). The van der Waals surface area contributed by atoms with Gasteiger partial charge in [-0.05, 0) is 24.3 Å². The van der Waals surface area contributed by atoms with Crippen LogP contribution >= 0.6 is 11.8 Å². The maximum Gasteiger partial charge on any atom is 0.136 e. The van der Waals surface area contributed by atoms with Crippen LogP contribution in [-0.2, 0) is 0 Å². The largest absolute Gasteiger partial charge is 0.497 e. The second-order valence-electron chi connectivity index (χ2n) is 5.32. The van der Waals surface area contributed by atoms with Gasteiger partial charge in [0.05, 0.1) is 24.8 Å². The first kappa shape index (κ1) is 16.0. The molecule has 2 aromatic rings. The molecule has 1 fully saturated rings. The lowest BCUT2D eigenvalue weighted by molar-refractivity contribution is 0.387. The fourth-order valence-corrected chi connectivity index (χ4v) is 3.75. The number of benzene rings is 2. The van der Waals surface area contributed by atoms with Crippen LogP contribution < -0.4 is 19.7 Å². The number of methoxy groups -OCH3 is 2. The normalized spacial score (nSPS) is 14.6. The van der Waals surface area contributed by atoms with Crippen molar-refractivity contribution in [1.29, 1.82) is 0 Å². The predicted molar refractivity (Wildman–Crippen MR) is 95.2 cm³/mol. The molecule has 0 radical (unpaired) electrons. The zero-order chi connectivity index (χ0) is 16.1. The quantitative estimate of drug-likeness (QED) is 0.910. The molecule has 1 N–H and O–H groups in total. The highest BCUT2D eigenvalue weighted by molar-refractivity contribution is 7.99. The summed E-state index contributed by atoms with van der Waals surface area (Å²) in [4.78, 5) is 4.78. The molecule has 5 heteroatoms. The topological polar surface area (TPSA) is 33.7 Å². The molecule has 2 aromatic carbocycles.